The number of nitrogens with two attached hydrogens (primary N) is 1. The van der Waals surface area contributed by atoms with E-state index in [4.69, 9.17) is 5.73 Å². The summed E-state index contributed by atoms with van der Waals surface area (Å²) in [4.78, 5) is 16.0. The van der Waals surface area contributed by atoms with E-state index in [0.717, 1.165) is 24.8 Å². The first-order valence-corrected chi connectivity index (χ1v) is 6.69. The molecule has 1 amide bonds. The molecule has 18 heavy (non-hydrogen) atoms. The topological polar surface area (TPSA) is 68.0 Å². The van der Waals surface area contributed by atoms with E-state index in [9.17, 15) is 4.79 Å². The van der Waals surface area contributed by atoms with Crippen molar-refractivity contribution in [1.82, 2.24) is 10.3 Å². The Morgan fingerprint density at radius 3 is 3.00 bits per heavy atom. The highest BCUT2D eigenvalue weighted by atomic mass is 16.1. The Balaban J connectivity index is 1.86. The van der Waals surface area contributed by atoms with Gasteiger partial charge in [-0.1, -0.05) is 25.3 Å². The summed E-state index contributed by atoms with van der Waals surface area (Å²) in [5.41, 5.74) is 7.04. The number of pyridine rings is 1. The van der Waals surface area contributed by atoms with Gasteiger partial charge < -0.3 is 11.1 Å². The summed E-state index contributed by atoms with van der Waals surface area (Å²) in [5, 5.41) is 3.07. The molecule has 1 aromatic heterocycles. The molecule has 0 aliphatic heterocycles. The molecule has 1 heterocycles. The fourth-order valence-electron chi connectivity index (χ4n) is 2.46. The highest BCUT2D eigenvalue weighted by Crippen LogP contribution is 2.16. The molecule has 1 aliphatic carbocycles. The minimum absolute atomic E-state index is 0.0466. The molecule has 1 saturated carbocycles. The smallest absolute Gasteiger partial charge is 0.224 e. The van der Waals surface area contributed by atoms with Gasteiger partial charge in [-0.15, -0.1) is 0 Å². The maximum atomic E-state index is 11.9. The number of aromatic nitrogens is 1. The van der Waals surface area contributed by atoms with Crippen LogP contribution in [-0.2, 0) is 11.2 Å². The normalized spacial score (nSPS) is 24.3. The summed E-state index contributed by atoms with van der Waals surface area (Å²) in [6.07, 6.45) is 9.40. The third-order valence-electron chi connectivity index (χ3n) is 3.50. The average Bonchev–Trinajstić information content (AvgIpc) is 2.56. The summed E-state index contributed by atoms with van der Waals surface area (Å²) in [6, 6.07) is 4.00. The van der Waals surface area contributed by atoms with E-state index in [2.05, 4.69) is 10.3 Å². The van der Waals surface area contributed by atoms with Crippen LogP contribution in [0.5, 0.6) is 0 Å². The van der Waals surface area contributed by atoms with Crippen molar-refractivity contribution in [2.45, 2.75) is 50.6 Å². The molecule has 1 fully saturated rings. The lowest BCUT2D eigenvalue weighted by molar-refractivity contribution is -0.121. The summed E-state index contributed by atoms with van der Waals surface area (Å²) in [6.45, 7) is 0. The predicted octanol–water partition coefficient (Wildman–Crippen LogP) is 1.40. The Kier molecular flexibility index (Phi) is 4.70. The molecule has 2 unspecified atom stereocenters. The first-order chi connectivity index (χ1) is 8.75. The number of carbonyl (C=O) groups is 1. The van der Waals surface area contributed by atoms with Crippen LogP contribution in [0.3, 0.4) is 0 Å². The quantitative estimate of drug-likeness (QED) is 0.793. The monoisotopic (exact) mass is 247 g/mol. The zero-order valence-corrected chi connectivity index (χ0v) is 10.6. The molecule has 4 heteroatoms. The van der Waals surface area contributed by atoms with Gasteiger partial charge in [-0.3, -0.25) is 9.78 Å². The number of carbonyl (C=O) groups excluding carboxylic acids is 1. The summed E-state index contributed by atoms with van der Waals surface area (Å²) < 4.78 is 0. The van der Waals surface area contributed by atoms with Crippen molar-refractivity contribution in [3.8, 4) is 0 Å². The van der Waals surface area contributed by atoms with Crippen LogP contribution >= 0.6 is 0 Å². The van der Waals surface area contributed by atoms with E-state index in [1.165, 1.54) is 12.8 Å². The number of hydrogen-bond donors (Lipinski definition) is 2. The Bertz CT molecular complexity index is 380. The van der Waals surface area contributed by atoms with Crippen LogP contribution in [0.1, 0.15) is 37.7 Å². The van der Waals surface area contributed by atoms with E-state index in [-0.39, 0.29) is 18.0 Å². The standard InChI is InChI=1S/C14H21N3O/c15-12-6-2-1-3-7-13(12)17-14(18)9-11-5-4-8-16-10-11/h4-5,8,10,12-13H,1-3,6-7,9,15H2,(H,17,18). The van der Waals surface area contributed by atoms with Crippen LogP contribution in [0.15, 0.2) is 24.5 Å². The van der Waals surface area contributed by atoms with Crippen molar-refractivity contribution in [1.29, 1.82) is 0 Å². The largest absolute Gasteiger partial charge is 0.352 e. The van der Waals surface area contributed by atoms with Gasteiger partial charge >= 0.3 is 0 Å². The summed E-state index contributed by atoms with van der Waals surface area (Å²) in [7, 11) is 0. The van der Waals surface area contributed by atoms with Gasteiger partial charge in [0, 0.05) is 24.5 Å². The number of amides is 1. The van der Waals surface area contributed by atoms with Crippen LogP contribution < -0.4 is 11.1 Å². The van der Waals surface area contributed by atoms with Gasteiger partial charge in [0.05, 0.1) is 6.42 Å². The molecule has 0 spiro atoms. The van der Waals surface area contributed by atoms with E-state index < -0.39 is 0 Å². The Labute approximate surface area is 108 Å². The fraction of sp³-hybridized carbons (Fsp3) is 0.571. The number of nitrogens with one attached hydrogen (secondary N) is 1. The van der Waals surface area contributed by atoms with Crippen molar-refractivity contribution in [3.63, 3.8) is 0 Å². The second-order valence-corrected chi connectivity index (χ2v) is 5.01. The van der Waals surface area contributed by atoms with Gasteiger partial charge in [-0.2, -0.15) is 0 Å². The molecule has 98 valence electrons. The van der Waals surface area contributed by atoms with E-state index in [1.807, 2.05) is 12.1 Å². The zero-order valence-electron chi connectivity index (χ0n) is 10.6. The van der Waals surface area contributed by atoms with Crippen molar-refractivity contribution in [2.24, 2.45) is 5.73 Å². The lowest BCUT2D eigenvalue weighted by Gasteiger charge is -2.22. The first-order valence-electron chi connectivity index (χ1n) is 6.69. The van der Waals surface area contributed by atoms with Crippen LogP contribution in [-0.4, -0.2) is 23.0 Å². The molecule has 1 aromatic rings. The Hall–Kier alpha value is -1.42. The van der Waals surface area contributed by atoms with Gasteiger partial charge in [0.15, 0.2) is 0 Å². The second kappa shape index (κ2) is 6.50. The Morgan fingerprint density at radius 1 is 1.39 bits per heavy atom. The van der Waals surface area contributed by atoms with Gasteiger partial charge in [0.1, 0.15) is 0 Å². The fourth-order valence-corrected chi connectivity index (χ4v) is 2.46. The highest BCUT2D eigenvalue weighted by molar-refractivity contribution is 5.78. The molecule has 0 radical (unpaired) electrons. The molecule has 2 rings (SSSR count). The predicted molar refractivity (Wildman–Crippen MR) is 70.9 cm³/mol. The third kappa shape index (κ3) is 3.81. The molecule has 1 aliphatic rings. The Morgan fingerprint density at radius 2 is 2.22 bits per heavy atom. The van der Waals surface area contributed by atoms with Gasteiger partial charge in [0.25, 0.3) is 0 Å². The molecule has 2 atom stereocenters. The molecule has 0 aromatic carbocycles. The minimum Gasteiger partial charge on any atom is -0.352 e. The second-order valence-electron chi connectivity index (χ2n) is 5.01. The van der Waals surface area contributed by atoms with Crippen molar-refractivity contribution in [2.75, 3.05) is 0 Å². The molecule has 0 bridgehead atoms. The van der Waals surface area contributed by atoms with Crippen LogP contribution in [0.25, 0.3) is 0 Å². The lowest BCUT2D eigenvalue weighted by Crippen LogP contribution is -2.47. The van der Waals surface area contributed by atoms with Gasteiger partial charge in [-0.05, 0) is 24.5 Å². The third-order valence-corrected chi connectivity index (χ3v) is 3.50. The summed E-state index contributed by atoms with van der Waals surface area (Å²) in [5.74, 6) is 0.0466. The highest BCUT2D eigenvalue weighted by Gasteiger charge is 2.21. The minimum atomic E-state index is 0.0466. The van der Waals surface area contributed by atoms with Crippen LogP contribution in [0.2, 0.25) is 0 Å². The van der Waals surface area contributed by atoms with Crippen LogP contribution in [0, 0.1) is 0 Å². The molecular formula is C14H21N3O. The van der Waals surface area contributed by atoms with E-state index >= 15 is 0 Å². The van der Waals surface area contributed by atoms with E-state index in [1.54, 1.807) is 12.4 Å². The lowest BCUT2D eigenvalue weighted by atomic mass is 10.0. The molecule has 3 N–H and O–H groups in total. The molecular weight excluding hydrogens is 226 g/mol. The molecule has 0 saturated heterocycles. The average molecular weight is 247 g/mol. The SMILES string of the molecule is NC1CCCCCC1NC(=O)Cc1cccnc1. The number of nitrogens with zero attached hydrogens (tertiary/aromatic N) is 1. The van der Waals surface area contributed by atoms with Gasteiger partial charge in [-0.25, -0.2) is 0 Å². The van der Waals surface area contributed by atoms with Crippen molar-refractivity contribution >= 4 is 5.91 Å². The summed E-state index contributed by atoms with van der Waals surface area (Å²) >= 11 is 0. The van der Waals surface area contributed by atoms with Gasteiger partial charge in [0.2, 0.25) is 5.91 Å². The van der Waals surface area contributed by atoms with E-state index in [0.29, 0.717) is 6.42 Å². The van der Waals surface area contributed by atoms with Crippen molar-refractivity contribution in [3.05, 3.63) is 30.1 Å². The maximum absolute atomic E-state index is 11.9. The van der Waals surface area contributed by atoms with Crippen LogP contribution in [0.4, 0.5) is 0 Å². The number of rotatable bonds is 3. The van der Waals surface area contributed by atoms with Crippen molar-refractivity contribution < 1.29 is 4.79 Å². The number of hydrogen-bond acceptors (Lipinski definition) is 3. The molecule has 4 nitrogen and oxygen atoms in total. The first kappa shape index (κ1) is 13.0. The zero-order chi connectivity index (χ0) is 12.8. The maximum Gasteiger partial charge on any atom is 0.224 e.